The van der Waals surface area contributed by atoms with Crippen molar-refractivity contribution in [1.29, 1.82) is 0 Å². The second-order valence-electron chi connectivity index (χ2n) is 17.5. The Bertz CT molecular complexity index is 3100. The maximum atomic E-state index is 2.45. The molecule has 0 saturated heterocycles. The summed E-state index contributed by atoms with van der Waals surface area (Å²) in [5.41, 5.74) is 18.5. The Hall–Kier alpha value is -8.14. The van der Waals surface area contributed by atoms with E-state index in [4.69, 9.17) is 0 Å². The van der Waals surface area contributed by atoms with E-state index in [1.165, 1.54) is 49.7 Å². The predicted molar refractivity (Wildman–Crippen MR) is 276 cm³/mol. The van der Waals surface area contributed by atoms with Crippen molar-refractivity contribution in [2.45, 2.75) is 26.2 Å². The van der Waals surface area contributed by atoms with Crippen LogP contribution in [0.25, 0.3) is 33.0 Å². The van der Waals surface area contributed by atoms with Gasteiger partial charge in [0.05, 0.1) is 17.1 Å². The van der Waals surface area contributed by atoms with Gasteiger partial charge in [-0.2, -0.15) is 0 Å². The molecule has 0 N–H and O–H groups in total. The van der Waals surface area contributed by atoms with E-state index >= 15 is 0 Å². The van der Waals surface area contributed by atoms with Crippen molar-refractivity contribution in [1.82, 2.24) is 0 Å². The summed E-state index contributed by atoms with van der Waals surface area (Å²) in [7, 11) is 0. The minimum atomic E-state index is -0.182. The molecule has 0 aromatic heterocycles. The molecule has 10 aromatic rings. The van der Waals surface area contributed by atoms with Gasteiger partial charge in [0.1, 0.15) is 0 Å². The first-order valence-electron chi connectivity index (χ1n) is 22.5. The molecule has 0 bridgehead atoms. The van der Waals surface area contributed by atoms with E-state index in [9.17, 15) is 0 Å². The molecule has 0 saturated carbocycles. The van der Waals surface area contributed by atoms with Crippen LogP contribution in [0.5, 0.6) is 0 Å². The number of hydrogen-bond acceptors (Lipinski definition) is 3. The molecule has 1 aliphatic rings. The van der Waals surface area contributed by atoms with Crippen molar-refractivity contribution < 1.29 is 0 Å². The minimum Gasteiger partial charge on any atom is -0.310 e. The number of fused-ring (bicyclic) bond motifs is 4. The zero-order valence-corrected chi connectivity index (χ0v) is 36.9. The fourth-order valence-electron chi connectivity index (χ4n) is 9.98. The highest BCUT2D eigenvalue weighted by Crippen LogP contribution is 2.53. The van der Waals surface area contributed by atoms with Crippen molar-refractivity contribution in [2.24, 2.45) is 0 Å². The Morgan fingerprint density at radius 3 is 1.28 bits per heavy atom. The lowest BCUT2D eigenvalue weighted by molar-refractivity contribution is 0.660. The summed E-state index contributed by atoms with van der Waals surface area (Å²) in [5, 5.41) is 2.48. The third-order valence-corrected chi connectivity index (χ3v) is 13.1. The van der Waals surface area contributed by atoms with Gasteiger partial charge >= 0.3 is 0 Å². The average Bonchev–Trinajstić information content (AvgIpc) is 3.59. The van der Waals surface area contributed by atoms with Crippen molar-refractivity contribution in [3.63, 3.8) is 0 Å². The first-order valence-corrected chi connectivity index (χ1v) is 22.5. The SMILES string of the molecule is Cc1cccc2c1-c1ccc(N(c3ccc(-c4cccc5ccccc45)cc3)c3cc(N(c4ccccc4)c4ccccc4)cc(N(c4ccccc4)c4ccccc4)c3)cc1C2(C)C. The molecule has 312 valence electrons. The molecule has 0 atom stereocenters. The molecule has 65 heavy (non-hydrogen) atoms. The highest BCUT2D eigenvalue weighted by molar-refractivity contribution is 5.97. The van der Waals surface area contributed by atoms with Gasteiger partial charge in [-0.25, -0.2) is 0 Å². The molecule has 0 spiro atoms. The lowest BCUT2D eigenvalue weighted by atomic mass is 9.82. The summed E-state index contributed by atoms with van der Waals surface area (Å²) in [6, 6.07) is 88.1. The molecular formula is C62H49N3. The summed E-state index contributed by atoms with van der Waals surface area (Å²) in [5.74, 6) is 0. The molecule has 0 heterocycles. The van der Waals surface area contributed by atoms with Crippen LogP contribution in [0.3, 0.4) is 0 Å². The van der Waals surface area contributed by atoms with E-state index < -0.39 is 0 Å². The molecule has 0 amide bonds. The second kappa shape index (κ2) is 16.5. The van der Waals surface area contributed by atoms with Crippen LogP contribution in [0.1, 0.15) is 30.5 Å². The van der Waals surface area contributed by atoms with E-state index in [0.29, 0.717) is 0 Å². The topological polar surface area (TPSA) is 9.72 Å². The standard InChI is InChI=1S/C62H49N3/c1-44-20-18-33-59-61(44)58-39-38-52(43-60(58)62(59,2)3)65(51-36-34-46(35-37-51)57-32-19-22-45-21-16-17-31-56(45)57)55-41-53(63(47-23-8-4-9-24-47)48-25-10-5-11-26-48)40-54(42-55)64(49-27-12-6-13-28-49)50-29-14-7-15-30-50/h4-43H,1-3H3. The molecule has 10 aromatic carbocycles. The van der Waals surface area contributed by atoms with Crippen LogP contribution in [0.4, 0.5) is 51.2 Å². The normalized spacial score (nSPS) is 12.4. The summed E-state index contributed by atoms with van der Waals surface area (Å²) in [6.45, 7) is 6.99. The lowest BCUT2D eigenvalue weighted by Gasteiger charge is -2.33. The Morgan fingerprint density at radius 2 is 0.738 bits per heavy atom. The molecule has 11 rings (SSSR count). The summed E-state index contributed by atoms with van der Waals surface area (Å²) in [4.78, 5) is 7.19. The highest BCUT2D eigenvalue weighted by Gasteiger charge is 2.37. The van der Waals surface area contributed by atoms with E-state index in [2.05, 4.69) is 278 Å². The fraction of sp³-hybridized carbons (Fsp3) is 0.0645. The van der Waals surface area contributed by atoms with Crippen LogP contribution in [-0.4, -0.2) is 0 Å². The molecule has 0 unspecified atom stereocenters. The smallest absolute Gasteiger partial charge is 0.0503 e. The zero-order chi connectivity index (χ0) is 43.9. The van der Waals surface area contributed by atoms with Crippen LogP contribution in [0.2, 0.25) is 0 Å². The van der Waals surface area contributed by atoms with Crippen molar-refractivity contribution in [3.05, 3.63) is 259 Å². The van der Waals surface area contributed by atoms with Gasteiger partial charge in [-0.05, 0) is 148 Å². The Morgan fingerprint density at radius 1 is 0.308 bits per heavy atom. The molecule has 3 nitrogen and oxygen atoms in total. The van der Waals surface area contributed by atoms with Gasteiger partial charge in [0.15, 0.2) is 0 Å². The Kier molecular flexibility index (Phi) is 10.1. The van der Waals surface area contributed by atoms with Crippen LogP contribution in [-0.2, 0) is 5.41 Å². The fourth-order valence-corrected chi connectivity index (χ4v) is 9.98. The van der Waals surface area contributed by atoms with Gasteiger partial charge in [0.25, 0.3) is 0 Å². The first kappa shape index (κ1) is 39.7. The molecule has 0 radical (unpaired) electrons. The third kappa shape index (κ3) is 7.22. The minimum absolute atomic E-state index is 0.182. The molecule has 0 fully saturated rings. The number of rotatable bonds is 10. The molecule has 3 heteroatoms. The van der Waals surface area contributed by atoms with E-state index in [1.807, 2.05) is 0 Å². The number of hydrogen-bond donors (Lipinski definition) is 0. The van der Waals surface area contributed by atoms with Gasteiger partial charge in [0, 0.05) is 39.5 Å². The third-order valence-electron chi connectivity index (χ3n) is 13.1. The molecule has 0 aliphatic heterocycles. The lowest BCUT2D eigenvalue weighted by Crippen LogP contribution is -2.18. The van der Waals surface area contributed by atoms with Gasteiger partial charge in [0.2, 0.25) is 0 Å². The van der Waals surface area contributed by atoms with Crippen molar-refractivity contribution >= 4 is 62.0 Å². The van der Waals surface area contributed by atoms with E-state index in [1.54, 1.807) is 0 Å². The van der Waals surface area contributed by atoms with Crippen LogP contribution >= 0.6 is 0 Å². The van der Waals surface area contributed by atoms with Crippen LogP contribution in [0, 0.1) is 6.92 Å². The first-order chi connectivity index (χ1) is 31.9. The number of para-hydroxylation sites is 4. The van der Waals surface area contributed by atoms with Gasteiger partial charge in [-0.15, -0.1) is 0 Å². The van der Waals surface area contributed by atoms with Crippen molar-refractivity contribution in [3.8, 4) is 22.3 Å². The highest BCUT2D eigenvalue weighted by atomic mass is 15.2. The zero-order valence-electron chi connectivity index (χ0n) is 36.9. The van der Waals surface area contributed by atoms with Gasteiger partial charge < -0.3 is 14.7 Å². The number of anilines is 9. The number of aryl methyl sites for hydroxylation is 1. The summed E-state index contributed by atoms with van der Waals surface area (Å²) >= 11 is 0. The van der Waals surface area contributed by atoms with Crippen LogP contribution in [0.15, 0.2) is 243 Å². The Labute approximate surface area is 382 Å². The average molecular weight is 836 g/mol. The maximum absolute atomic E-state index is 2.45. The molecule has 1 aliphatic carbocycles. The van der Waals surface area contributed by atoms with Crippen molar-refractivity contribution in [2.75, 3.05) is 14.7 Å². The summed E-state index contributed by atoms with van der Waals surface area (Å²) in [6.07, 6.45) is 0. The quantitative estimate of drug-likeness (QED) is 0.136. The largest absolute Gasteiger partial charge is 0.310 e. The predicted octanol–water partition coefficient (Wildman–Crippen LogP) is 17.5. The van der Waals surface area contributed by atoms with E-state index in [0.717, 1.165) is 51.2 Å². The second-order valence-corrected chi connectivity index (χ2v) is 17.5. The number of benzene rings is 10. The monoisotopic (exact) mass is 835 g/mol. The van der Waals surface area contributed by atoms with Crippen LogP contribution < -0.4 is 14.7 Å². The number of nitrogens with zero attached hydrogens (tertiary/aromatic N) is 3. The van der Waals surface area contributed by atoms with E-state index in [-0.39, 0.29) is 5.41 Å². The summed E-state index contributed by atoms with van der Waals surface area (Å²) < 4.78 is 0. The van der Waals surface area contributed by atoms with Gasteiger partial charge in [-0.1, -0.05) is 166 Å². The van der Waals surface area contributed by atoms with Gasteiger partial charge in [-0.3, -0.25) is 0 Å². The maximum Gasteiger partial charge on any atom is 0.0503 e. The molecular weight excluding hydrogens is 787 g/mol. The Balaban J connectivity index is 1.17.